The topological polar surface area (TPSA) is 78.4 Å². The molecule has 1 aliphatic heterocycles. The molecule has 8 heteroatoms. The highest BCUT2D eigenvalue weighted by atomic mass is 35.5. The predicted molar refractivity (Wildman–Crippen MR) is 99.0 cm³/mol. The number of fused-ring (bicyclic) bond motifs is 1. The van der Waals surface area contributed by atoms with Gasteiger partial charge in [0.2, 0.25) is 0 Å². The maximum atomic E-state index is 13.7. The molecule has 6 nitrogen and oxygen atoms in total. The van der Waals surface area contributed by atoms with Gasteiger partial charge in [-0.25, -0.2) is 9.37 Å². The van der Waals surface area contributed by atoms with Crippen LogP contribution in [-0.4, -0.2) is 51.1 Å². The standard InChI is InChI=1S/C19H20ClFN4O2/c20-14-2-1-11(5-15(14)21)19(27)25-9-12-6-16(17(26)7-13(12)10-25)24-18-8-22-3-4-23-18/h1-5,8,12-13,16-17,26H,6-7,9-10H2,(H,23,24)/t12-,13+,16-,17-/m1/s1. The minimum absolute atomic E-state index is 0.00249. The van der Waals surface area contributed by atoms with E-state index in [1.807, 2.05) is 0 Å². The number of hydrogen-bond acceptors (Lipinski definition) is 5. The maximum Gasteiger partial charge on any atom is 0.253 e. The van der Waals surface area contributed by atoms with E-state index in [9.17, 15) is 14.3 Å². The second kappa shape index (κ2) is 7.40. The van der Waals surface area contributed by atoms with Crippen molar-refractivity contribution in [3.8, 4) is 0 Å². The first-order valence-electron chi connectivity index (χ1n) is 8.96. The van der Waals surface area contributed by atoms with Crippen LogP contribution in [0.25, 0.3) is 0 Å². The van der Waals surface area contributed by atoms with Crippen molar-refractivity contribution < 1.29 is 14.3 Å². The minimum Gasteiger partial charge on any atom is -0.391 e. The van der Waals surface area contributed by atoms with Gasteiger partial charge >= 0.3 is 0 Å². The third kappa shape index (κ3) is 3.75. The number of carbonyl (C=O) groups excluding carboxylic acids is 1. The number of benzene rings is 1. The van der Waals surface area contributed by atoms with Gasteiger partial charge in [0.25, 0.3) is 5.91 Å². The molecule has 1 saturated carbocycles. The van der Waals surface area contributed by atoms with Crippen LogP contribution in [0.1, 0.15) is 23.2 Å². The van der Waals surface area contributed by atoms with E-state index in [1.165, 1.54) is 12.1 Å². The number of likely N-dealkylation sites (tertiary alicyclic amines) is 1. The lowest BCUT2D eigenvalue weighted by atomic mass is 9.77. The molecule has 142 valence electrons. The molecular weight excluding hydrogens is 371 g/mol. The fraction of sp³-hybridized carbons (Fsp3) is 0.421. The van der Waals surface area contributed by atoms with Crippen LogP contribution < -0.4 is 5.32 Å². The Morgan fingerprint density at radius 3 is 2.74 bits per heavy atom. The summed E-state index contributed by atoms with van der Waals surface area (Å²) in [6.45, 7) is 1.17. The molecule has 4 atom stereocenters. The largest absolute Gasteiger partial charge is 0.391 e. The molecule has 2 heterocycles. The summed E-state index contributed by atoms with van der Waals surface area (Å²) in [5.74, 6) is 0.350. The van der Waals surface area contributed by atoms with Crippen molar-refractivity contribution in [1.29, 1.82) is 0 Å². The minimum atomic E-state index is -0.595. The number of rotatable bonds is 3. The Labute approximate surface area is 161 Å². The van der Waals surface area contributed by atoms with Gasteiger partial charge in [-0.1, -0.05) is 11.6 Å². The van der Waals surface area contributed by atoms with E-state index in [2.05, 4.69) is 15.3 Å². The number of amides is 1. The number of aromatic nitrogens is 2. The lowest BCUT2D eigenvalue weighted by Crippen LogP contribution is -2.43. The van der Waals surface area contributed by atoms with Crippen LogP contribution in [0.4, 0.5) is 10.2 Å². The van der Waals surface area contributed by atoms with Crippen molar-refractivity contribution in [3.05, 3.63) is 53.2 Å². The van der Waals surface area contributed by atoms with Crippen molar-refractivity contribution in [2.45, 2.75) is 25.0 Å². The summed E-state index contributed by atoms with van der Waals surface area (Å²) < 4.78 is 13.7. The second-order valence-electron chi connectivity index (χ2n) is 7.24. The molecule has 1 aromatic carbocycles. The van der Waals surface area contributed by atoms with Gasteiger partial charge in [0.05, 0.1) is 23.4 Å². The normalized spacial score (nSPS) is 27.3. The number of halogens is 2. The summed E-state index contributed by atoms with van der Waals surface area (Å²) in [7, 11) is 0. The number of aliphatic hydroxyl groups excluding tert-OH is 1. The van der Waals surface area contributed by atoms with Crippen molar-refractivity contribution in [1.82, 2.24) is 14.9 Å². The molecule has 1 aromatic heterocycles. The second-order valence-corrected chi connectivity index (χ2v) is 7.65. The van der Waals surface area contributed by atoms with Gasteiger partial charge in [0.15, 0.2) is 0 Å². The van der Waals surface area contributed by atoms with Gasteiger partial charge in [0.1, 0.15) is 11.6 Å². The van der Waals surface area contributed by atoms with E-state index in [0.29, 0.717) is 30.9 Å². The highest BCUT2D eigenvalue weighted by molar-refractivity contribution is 6.30. The zero-order valence-corrected chi connectivity index (χ0v) is 15.3. The van der Waals surface area contributed by atoms with E-state index >= 15 is 0 Å². The van der Waals surface area contributed by atoms with Gasteiger partial charge in [-0.15, -0.1) is 0 Å². The Balaban J connectivity index is 1.43. The maximum absolute atomic E-state index is 13.7. The monoisotopic (exact) mass is 390 g/mol. The van der Waals surface area contributed by atoms with Gasteiger partial charge in [-0.05, 0) is 42.9 Å². The lowest BCUT2D eigenvalue weighted by Gasteiger charge is -2.35. The van der Waals surface area contributed by atoms with Crippen LogP contribution in [0.3, 0.4) is 0 Å². The molecule has 1 aliphatic carbocycles. The third-order valence-corrected chi connectivity index (χ3v) is 5.80. The van der Waals surface area contributed by atoms with Crippen molar-refractivity contribution in [2.24, 2.45) is 11.8 Å². The number of anilines is 1. The Bertz CT molecular complexity index is 838. The smallest absolute Gasteiger partial charge is 0.253 e. The Kier molecular flexibility index (Phi) is 4.97. The van der Waals surface area contributed by atoms with Crippen molar-refractivity contribution >= 4 is 23.3 Å². The summed E-state index contributed by atoms with van der Waals surface area (Å²) in [5, 5.41) is 13.8. The molecule has 2 fully saturated rings. The number of nitrogens with one attached hydrogen (secondary N) is 1. The summed E-state index contributed by atoms with van der Waals surface area (Å²) in [6.07, 6.45) is 5.65. The fourth-order valence-electron chi connectivity index (χ4n) is 4.13. The van der Waals surface area contributed by atoms with Gasteiger partial charge in [-0.2, -0.15) is 0 Å². The average Bonchev–Trinajstić information content (AvgIpc) is 3.07. The van der Waals surface area contributed by atoms with E-state index in [-0.39, 0.29) is 28.8 Å². The molecular formula is C19H20ClFN4O2. The summed E-state index contributed by atoms with van der Waals surface area (Å²) >= 11 is 5.70. The lowest BCUT2D eigenvalue weighted by molar-refractivity contribution is 0.0727. The molecule has 0 bridgehead atoms. The summed E-state index contributed by atoms with van der Waals surface area (Å²) in [4.78, 5) is 22.7. The van der Waals surface area contributed by atoms with E-state index in [0.717, 1.165) is 6.42 Å². The average molecular weight is 391 g/mol. The van der Waals surface area contributed by atoms with Crippen molar-refractivity contribution in [3.63, 3.8) is 0 Å². The quantitative estimate of drug-likeness (QED) is 0.842. The van der Waals surface area contributed by atoms with Crippen LogP contribution in [0, 0.1) is 17.7 Å². The Hall–Kier alpha value is -2.25. The molecule has 2 aromatic rings. The van der Waals surface area contributed by atoms with E-state index in [1.54, 1.807) is 29.6 Å². The Morgan fingerprint density at radius 1 is 1.26 bits per heavy atom. The van der Waals surface area contributed by atoms with E-state index < -0.39 is 11.9 Å². The van der Waals surface area contributed by atoms with Crippen LogP contribution in [0.5, 0.6) is 0 Å². The molecule has 0 spiro atoms. The molecule has 27 heavy (non-hydrogen) atoms. The number of carbonyl (C=O) groups is 1. The predicted octanol–water partition coefficient (Wildman–Crippen LogP) is 2.59. The SMILES string of the molecule is O=C(c1ccc(Cl)c(F)c1)N1C[C@H]2C[C@@H](Nc3cnccn3)[C@H](O)C[C@H]2C1. The molecule has 2 N–H and O–H groups in total. The van der Waals surface area contributed by atoms with Gasteiger partial charge in [0, 0.05) is 31.0 Å². The molecule has 1 saturated heterocycles. The van der Waals surface area contributed by atoms with Gasteiger partial charge < -0.3 is 15.3 Å². The van der Waals surface area contributed by atoms with Crippen LogP contribution in [0.2, 0.25) is 5.02 Å². The zero-order valence-electron chi connectivity index (χ0n) is 14.6. The van der Waals surface area contributed by atoms with E-state index in [4.69, 9.17) is 11.6 Å². The number of aliphatic hydroxyl groups is 1. The molecule has 1 amide bonds. The zero-order chi connectivity index (χ0) is 19.0. The first kappa shape index (κ1) is 18.1. The first-order valence-corrected chi connectivity index (χ1v) is 9.34. The summed E-state index contributed by atoms with van der Waals surface area (Å²) in [6, 6.07) is 3.99. The number of hydrogen-bond donors (Lipinski definition) is 2. The number of nitrogens with zero attached hydrogens (tertiary/aromatic N) is 3. The van der Waals surface area contributed by atoms with Gasteiger partial charge in [-0.3, -0.25) is 9.78 Å². The van der Waals surface area contributed by atoms with Crippen LogP contribution >= 0.6 is 11.6 Å². The van der Waals surface area contributed by atoms with Crippen LogP contribution in [0.15, 0.2) is 36.8 Å². The van der Waals surface area contributed by atoms with Crippen LogP contribution in [-0.2, 0) is 0 Å². The molecule has 0 unspecified atom stereocenters. The third-order valence-electron chi connectivity index (χ3n) is 5.49. The molecule has 2 aliphatic rings. The highest BCUT2D eigenvalue weighted by Gasteiger charge is 2.43. The highest BCUT2D eigenvalue weighted by Crippen LogP contribution is 2.38. The fourth-order valence-corrected chi connectivity index (χ4v) is 4.24. The summed E-state index contributed by atoms with van der Waals surface area (Å²) in [5.41, 5.74) is 0.297. The molecule has 4 rings (SSSR count). The molecule has 0 radical (unpaired) electrons. The first-order chi connectivity index (χ1) is 13.0. The van der Waals surface area contributed by atoms with Crippen molar-refractivity contribution in [2.75, 3.05) is 18.4 Å². The Morgan fingerprint density at radius 2 is 2.04 bits per heavy atom.